The van der Waals surface area contributed by atoms with Crippen LogP contribution in [0.25, 0.3) is 11.5 Å². The zero-order valence-electron chi connectivity index (χ0n) is 13.3. The summed E-state index contributed by atoms with van der Waals surface area (Å²) in [5.74, 6) is 0.687. The van der Waals surface area contributed by atoms with Gasteiger partial charge in [0.15, 0.2) is 5.82 Å². The molecule has 3 rings (SSSR count). The third-order valence-electron chi connectivity index (χ3n) is 3.83. The topological polar surface area (TPSA) is 71.1 Å². The van der Waals surface area contributed by atoms with Gasteiger partial charge in [-0.25, -0.2) is 14.8 Å². The monoisotopic (exact) mass is 302 g/mol. The predicted octanol–water partition coefficient (Wildman–Crippen LogP) is 3.37. The molecule has 0 bridgehead atoms. The van der Waals surface area contributed by atoms with E-state index in [2.05, 4.69) is 15.0 Å². The molecule has 3 aliphatic heterocycles. The van der Waals surface area contributed by atoms with Gasteiger partial charge in [0.1, 0.15) is 5.60 Å². The predicted molar refractivity (Wildman–Crippen MR) is 82.5 cm³/mol. The van der Waals surface area contributed by atoms with Crippen LogP contribution >= 0.6 is 0 Å². The van der Waals surface area contributed by atoms with Crippen LogP contribution in [0, 0.1) is 0 Å². The molecule has 6 nitrogen and oxygen atoms in total. The van der Waals surface area contributed by atoms with E-state index in [0.29, 0.717) is 12.4 Å². The Morgan fingerprint density at radius 3 is 2.95 bits per heavy atom. The van der Waals surface area contributed by atoms with Crippen molar-refractivity contribution in [2.75, 3.05) is 6.54 Å². The molecule has 1 N–H and O–H groups in total. The van der Waals surface area contributed by atoms with E-state index < -0.39 is 5.60 Å². The Labute approximate surface area is 130 Å². The van der Waals surface area contributed by atoms with E-state index in [0.717, 1.165) is 30.5 Å². The number of piperidine rings is 1. The fourth-order valence-electron chi connectivity index (χ4n) is 2.91. The minimum Gasteiger partial charge on any atom is -0.444 e. The first-order valence-corrected chi connectivity index (χ1v) is 7.73. The Balaban J connectivity index is 1.88. The van der Waals surface area contributed by atoms with E-state index in [9.17, 15) is 4.79 Å². The highest BCUT2D eigenvalue weighted by atomic mass is 16.6. The van der Waals surface area contributed by atoms with E-state index in [1.807, 2.05) is 31.9 Å². The molecule has 1 amide bonds. The Hall–Kier alpha value is -2.11. The molecule has 3 heterocycles. The second-order valence-corrected chi connectivity index (χ2v) is 6.69. The Bertz CT molecular complexity index is 631. The number of aromatic nitrogens is 3. The van der Waals surface area contributed by atoms with Gasteiger partial charge in [0.25, 0.3) is 0 Å². The molecule has 0 aromatic heterocycles. The molecule has 1 atom stereocenters. The van der Waals surface area contributed by atoms with Crippen molar-refractivity contribution in [3.63, 3.8) is 0 Å². The van der Waals surface area contributed by atoms with Gasteiger partial charge < -0.3 is 14.6 Å². The van der Waals surface area contributed by atoms with Crippen molar-refractivity contribution >= 4 is 6.09 Å². The standard InChI is InChI=1S/C16H22N4O2/c1-16(2,3)22-15(21)20-9-5-4-6-12(20)11-10-19-14-13(11)17-7-8-18-14/h7-8,10,12,17H,4-6,9H2,1-3H3. The number of fused-ring (bicyclic) bond motifs is 1. The van der Waals surface area contributed by atoms with Crippen molar-refractivity contribution < 1.29 is 9.53 Å². The van der Waals surface area contributed by atoms with Crippen LogP contribution in [0.15, 0.2) is 18.6 Å². The highest BCUT2D eigenvalue weighted by Crippen LogP contribution is 2.36. The second kappa shape index (κ2) is 5.59. The number of ether oxygens (including phenoxy) is 1. The number of aromatic amines is 1. The van der Waals surface area contributed by atoms with Gasteiger partial charge in [0, 0.05) is 30.7 Å². The van der Waals surface area contributed by atoms with Gasteiger partial charge in [-0.05, 0) is 40.0 Å². The molecule has 118 valence electrons. The summed E-state index contributed by atoms with van der Waals surface area (Å²) in [7, 11) is 0. The third kappa shape index (κ3) is 2.91. The molecule has 22 heavy (non-hydrogen) atoms. The van der Waals surface area contributed by atoms with Gasteiger partial charge in [0.2, 0.25) is 0 Å². The Kier molecular flexibility index (Phi) is 3.76. The summed E-state index contributed by atoms with van der Waals surface area (Å²) in [5, 5.41) is 0. The van der Waals surface area contributed by atoms with Crippen molar-refractivity contribution in [3.8, 4) is 11.5 Å². The SMILES string of the molecule is CC(C)(C)OC(=O)N1CCCCC1c1cnc2ncc[nH]c1-2. The van der Waals surface area contributed by atoms with E-state index in [1.165, 1.54) is 0 Å². The minimum atomic E-state index is -0.487. The minimum absolute atomic E-state index is 0.00551. The fourth-order valence-corrected chi connectivity index (χ4v) is 2.91. The molecule has 0 saturated carbocycles. The average Bonchev–Trinajstić information content (AvgIpc) is 2.89. The Morgan fingerprint density at radius 1 is 1.36 bits per heavy atom. The smallest absolute Gasteiger partial charge is 0.410 e. The number of rotatable bonds is 1. The van der Waals surface area contributed by atoms with Gasteiger partial charge in [-0.15, -0.1) is 0 Å². The number of likely N-dealkylation sites (tertiary alicyclic amines) is 1. The highest BCUT2D eigenvalue weighted by Gasteiger charge is 2.34. The van der Waals surface area contributed by atoms with Crippen molar-refractivity contribution in [3.05, 3.63) is 24.2 Å². The molecule has 0 aromatic carbocycles. The maximum absolute atomic E-state index is 12.5. The van der Waals surface area contributed by atoms with Crippen LogP contribution in [-0.4, -0.2) is 38.1 Å². The van der Waals surface area contributed by atoms with Crippen molar-refractivity contribution in [1.29, 1.82) is 0 Å². The first-order chi connectivity index (χ1) is 10.5. The van der Waals surface area contributed by atoms with Crippen LogP contribution in [0.4, 0.5) is 4.79 Å². The number of amides is 1. The van der Waals surface area contributed by atoms with E-state index >= 15 is 0 Å². The van der Waals surface area contributed by atoms with Crippen LogP contribution in [0.5, 0.6) is 0 Å². The van der Waals surface area contributed by atoms with Crippen molar-refractivity contribution in [2.45, 2.75) is 51.7 Å². The van der Waals surface area contributed by atoms with Gasteiger partial charge in [-0.3, -0.25) is 0 Å². The molecule has 1 saturated heterocycles. The first kappa shape index (κ1) is 14.8. The van der Waals surface area contributed by atoms with Gasteiger partial charge >= 0.3 is 6.09 Å². The maximum atomic E-state index is 12.5. The number of carbonyl (C=O) groups is 1. The maximum Gasteiger partial charge on any atom is 0.410 e. The van der Waals surface area contributed by atoms with E-state index in [-0.39, 0.29) is 12.1 Å². The van der Waals surface area contributed by atoms with E-state index in [4.69, 9.17) is 4.74 Å². The largest absolute Gasteiger partial charge is 0.444 e. The number of hydrogen-bond acceptors (Lipinski definition) is 4. The number of H-pyrrole nitrogens is 1. The van der Waals surface area contributed by atoms with Crippen LogP contribution in [0.1, 0.15) is 51.6 Å². The molecule has 0 spiro atoms. The lowest BCUT2D eigenvalue weighted by molar-refractivity contribution is 0.00958. The number of nitrogens with one attached hydrogen (secondary N) is 1. The van der Waals surface area contributed by atoms with Gasteiger partial charge in [-0.1, -0.05) is 0 Å². The second-order valence-electron chi connectivity index (χ2n) is 6.69. The summed E-state index contributed by atoms with van der Waals surface area (Å²) in [6.07, 6.45) is 8.06. The van der Waals surface area contributed by atoms with Crippen molar-refractivity contribution in [1.82, 2.24) is 19.9 Å². The van der Waals surface area contributed by atoms with Crippen molar-refractivity contribution in [2.24, 2.45) is 0 Å². The summed E-state index contributed by atoms with van der Waals surface area (Å²) >= 11 is 0. The quantitative estimate of drug-likeness (QED) is 0.876. The lowest BCUT2D eigenvalue weighted by Gasteiger charge is -2.36. The molecule has 6 heteroatoms. The molecule has 1 fully saturated rings. The van der Waals surface area contributed by atoms with Crippen LogP contribution in [-0.2, 0) is 4.74 Å². The summed E-state index contributed by atoms with van der Waals surface area (Å²) in [6, 6.07) is -0.00551. The van der Waals surface area contributed by atoms with Crippen LogP contribution < -0.4 is 0 Å². The summed E-state index contributed by atoms with van der Waals surface area (Å²) < 4.78 is 5.56. The number of hydrogen-bond donors (Lipinski definition) is 1. The van der Waals surface area contributed by atoms with Crippen LogP contribution in [0.2, 0.25) is 0 Å². The summed E-state index contributed by atoms with van der Waals surface area (Å²) in [5.41, 5.74) is 1.44. The summed E-state index contributed by atoms with van der Waals surface area (Å²) in [4.78, 5) is 26.1. The van der Waals surface area contributed by atoms with Gasteiger partial charge in [0.05, 0.1) is 11.7 Å². The van der Waals surface area contributed by atoms with Crippen LogP contribution in [0.3, 0.4) is 0 Å². The zero-order valence-corrected chi connectivity index (χ0v) is 13.3. The lowest BCUT2D eigenvalue weighted by Crippen LogP contribution is -2.41. The lowest BCUT2D eigenvalue weighted by atomic mass is 9.96. The molecular weight excluding hydrogens is 280 g/mol. The first-order valence-electron chi connectivity index (χ1n) is 7.73. The van der Waals surface area contributed by atoms with E-state index in [1.54, 1.807) is 12.4 Å². The third-order valence-corrected chi connectivity index (χ3v) is 3.83. The zero-order chi connectivity index (χ0) is 15.7. The molecule has 0 aromatic rings. The average molecular weight is 302 g/mol. The van der Waals surface area contributed by atoms with Gasteiger partial charge in [-0.2, -0.15) is 0 Å². The highest BCUT2D eigenvalue weighted by molar-refractivity contribution is 5.70. The number of carbonyl (C=O) groups excluding carboxylic acids is 1. The molecule has 0 radical (unpaired) electrons. The summed E-state index contributed by atoms with van der Waals surface area (Å²) in [6.45, 7) is 6.38. The molecule has 0 aliphatic carbocycles. The Morgan fingerprint density at radius 2 is 2.18 bits per heavy atom. The fraction of sp³-hybridized carbons (Fsp3) is 0.562. The molecule has 3 aliphatic rings. The molecular formula is C16H22N4O2. The normalized spacial score (nSPS) is 19.4. The molecule has 1 unspecified atom stereocenters. The number of nitrogens with zero attached hydrogens (tertiary/aromatic N) is 3.